The van der Waals surface area contributed by atoms with Gasteiger partial charge < -0.3 is 24.8 Å². The number of phenolic OH excluding ortho intramolecular Hbond substituents is 1. The van der Waals surface area contributed by atoms with Crippen LogP contribution in [0, 0.1) is 0 Å². The second kappa shape index (κ2) is 10.1. The van der Waals surface area contributed by atoms with Crippen LogP contribution in [0.4, 0.5) is 5.69 Å². The number of pyridine rings is 1. The first-order valence-corrected chi connectivity index (χ1v) is 10.3. The molecule has 0 aliphatic heterocycles. The summed E-state index contributed by atoms with van der Waals surface area (Å²) in [6.07, 6.45) is 2.49. The topological polar surface area (TPSA) is 83.9 Å². The smallest absolute Gasteiger partial charge is 0.341 e. The van der Waals surface area contributed by atoms with Gasteiger partial charge in [0.25, 0.3) is 0 Å². The molecule has 2 aromatic carbocycles. The van der Waals surface area contributed by atoms with E-state index in [1.165, 1.54) is 7.11 Å². The molecule has 31 heavy (non-hydrogen) atoms. The number of carbonyl (C=O) groups is 1. The summed E-state index contributed by atoms with van der Waals surface area (Å²) in [6.45, 7) is 3.72. The lowest BCUT2D eigenvalue weighted by Gasteiger charge is -2.16. The van der Waals surface area contributed by atoms with E-state index >= 15 is 0 Å². The number of nitrogens with zero attached hydrogens (tertiary/aromatic N) is 2. The molecule has 7 nitrogen and oxygen atoms in total. The molecule has 0 aliphatic rings. The van der Waals surface area contributed by atoms with E-state index in [1.54, 1.807) is 25.3 Å². The molecule has 1 aromatic heterocycles. The van der Waals surface area contributed by atoms with Gasteiger partial charge in [0, 0.05) is 18.1 Å². The number of ether oxygens (including phenoxy) is 2. The molecule has 0 saturated heterocycles. The zero-order valence-corrected chi connectivity index (χ0v) is 18.4. The number of nitrogens with one attached hydrogen (secondary N) is 1. The molecule has 0 bridgehead atoms. The summed E-state index contributed by atoms with van der Waals surface area (Å²) in [6, 6.07) is 11.1. The van der Waals surface area contributed by atoms with Crippen LogP contribution in [0.25, 0.3) is 22.0 Å². The number of hydrogen-bond donors (Lipinski definition) is 2. The Hall–Kier alpha value is -3.32. The molecular formula is C24H29N3O4. The van der Waals surface area contributed by atoms with Gasteiger partial charge in [-0.15, -0.1) is 0 Å². The van der Waals surface area contributed by atoms with Crippen LogP contribution < -0.4 is 10.1 Å². The van der Waals surface area contributed by atoms with Crippen LogP contribution in [-0.2, 0) is 4.74 Å². The van der Waals surface area contributed by atoms with E-state index in [4.69, 9.17) is 9.47 Å². The van der Waals surface area contributed by atoms with E-state index in [1.807, 2.05) is 38.4 Å². The van der Waals surface area contributed by atoms with E-state index in [-0.39, 0.29) is 5.75 Å². The number of hydrogen-bond acceptors (Lipinski definition) is 7. The van der Waals surface area contributed by atoms with Gasteiger partial charge in [-0.1, -0.05) is 12.1 Å². The van der Waals surface area contributed by atoms with E-state index in [2.05, 4.69) is 15.2 Å². The maximum atomic E-state index is 12.6. The van der Waals surface area contributed by atoms with Crippen molar-refractivity contribution in [3.05, 3.63) is 48.2 Å². The summed E-state index contributed by atoms with van der Waals surface area (Å²) in [5, 5.41) is 14.2. The molecule has 0 saturated carbocycles. The maximum Gasteiger partial charge on any atom is 0.341 e. The minimum atomic E-state index is -0.399. The van der Waals surface area contributed by atoms with E-state index in [0.717, 1.165) is 40.7 Å². The van der Waals surface area contributed by atoms with Gasteiger partial charge in [0.2, 0.25) is 0 Å². The van der Waals surface area contributed by atoms with E-state index in [0.29, 0.717) is 24.5 Å². The number of anilines is 1. The summed E-state index contributed by atoms with van der Waals surface area (Å²) in [5.74, 6) is 0.0864. The Morgan fingerprint density at radius 1 is 1.16 bits per heavy atom. The third-order valence-corrected chi connectivity index (χ3v) is 4.96. The van der Waals surface area contributed by atoms with Crippen molar-refractivity contribution in [1.82, 2.24) is 9.88 Å². The molecule has 0 spiro atoms. The molecule has 0 amide bonds. The minimum absolute atomic E-state index is 0.0848. The largest absolute Gasteiger partial charge is 0.504 e. The standard InChI is InChI=1S/C24H29N3O4/c1-5-31-24(29)19-15-26-20-9-7-16(17-8-10-21(28)22(14-17)30-4)13-18(20)23(19)25-11-6-12-27(2)3/h7-10,13-15,28H,5-6,11-12H2,1-4H3,(H,25,26). The molecule has 2 N–H and O–H groups in total. The van der Waals surface area contributed by atoms with Crippen molar-refractivity contribution in [2.24, 2.45) is 0 Å². The number of esters is 1. The number of aromatic nitrogens is 1. The number of carbonyl (C=O) groups excluding carboxylic acids is 1. The zero-order chi connectivity index (χ0) is 22.4. The Kier molecular flexibility index (Phi) is 7.31. The Morgan fingerprint density at radius 2 is 1.90 bits per heavy atom. The highest BCUT2D eigenvalue weighted by atomic mass is 16.5. The number of methoxy groups -OCH3 is 1. The fourth-order valence-corrected chi connectivity index (χ4v) is 3.39. The van der Waals surface area contributed by atoms with Crippen LogP contribution in [0.3, 0.4) is 0 Å². The van der Waals surface area contributed by atoms with Crippen molar-refractivity contribution in [2.45, 2.75) is 13.3 Å². The molecule has 3 aromatic rings. The molecule has 7 heteroatoms. The Morgan fingerprint density at radius 3 is 2.61 bits per heavy atom. The first kappa shape index (κ1) is 22.4. The second-order valence-electron chi connectivity index (χ2n) is 7.47. The summed E-state index contributed by atoms with van der Waals surface area (Å²) >= 11 is 0. The van der Waals surface area contributed by atoms with Crippen LogP contribution >= 0.6 is 0 Å². The highest BCUT2D eigenvalue weighted by Gasteiger charge is 2.17. The van der Waals surface area contributed by atoms with Gasteiger partial charge in [-0.25, -0.2) is 4.79 Å². The highest BCUT2D eigenvalue weighted by Crippen LogP contribution is 2.35. The third-order valence-electron chi connectivity index (χ3n) is 4.96. The SMILES string of the molecule is CCOC(=O)c1cnc2ccc(-c3ccc(O)c(OC)c3)cc2c1NCCCN(C)C. The lowest BCUT2D eigenvalue weighted by atomic mass is 10.0. The van der Waals surface area contributed by atoms with Gasteiger partial charge in [0.15, 0.2) is 11.5 Å². The van der Waals surface area contributed by atoms with E-state index < -0.39 is 5.97 Å². The summed E-state index contributed by atoms with van der Waals surface area (Å²) in [5.41, 5.74) is 3.72. The third kappa shape index (κ3) is 5.24. The molecule has 1 heterocycles. The van der Waals surface area contributed by atoms with Crippen LogP contribution in [0.5, 0.6) is 11.5 Å². The van der Waals surface area contributed by atoms with Crippen LogP contribution in [-0.4, -0.2) is 61.9 Å². The zero-order valence-electron chi connectivity index (χ0n) is 18.4. The van der Waals surface area contributed by atoms with Crippen LogP contribution in [0.1, 0.15) is 23.7 Å². The van der Waals surface area contributed by atoms with Gasteiger partial charge in [-0.2, -0.15) is 0 Å². The van der Waals surface area contributed by atoms with Gasteiger partial charge in [0.05, 0.1) is 24.9 Å². The van der Waals surface area contributed by atoms with Crippen molar-refractivity contribution in [3.8, 4) is 22.6 Å². The first-order chi connectivity index (χ1) is 14.9. The van der Waals surface area contributed by atoms with Crippen LogP contribution in [0.2, 0.25) is 0 Å². The van der Waals surface area contributed by atoms with Crippen molar-refractivity contribution >= 4 is 22.6 Å². The molecule has 0 aliphatic carbocycles. The highest BCUT2D eigenvalue weighted by molar-refractivity contribution is 6.05. The normalized spacial score (nSPS) is 11.0. The van der Waals surface area contributed by atoms with Gasteiger partial charge in [-0.3, -0.25) is 4.98 Å². The Bertz CT molecular complexity index is 1070. The molecule has 3 rings (SSSR count). The number of aromatic hydroxyl groups is 1. The number of benzene rings is 2. The molecule has 0 atom stereocenters. The van der Waals surface area contributed by atoms with Gasteiger partial charge in [-0.05, 0) is 69.4 Å². The van der Waals surface area contributed by atoms with Crippen molar-refractivity contribution in [1.29, 1.82) is 0 Å². The van der Waals surface area contributed by atoms with Crippen molar-refractivity contribution < 1.29 is 19.4 Å². The van der Waals surface area contributed by atoms with E-state index in [9.17, 15) is 9.90 Å². The Balaban J connectivity index is 2.06. The quantitative estimate of drug-likeness (QED) is 0.395. The average Bonchev–Trinajstić information content (AvgIpc) is 2.76. The summed E-state index contributed by atoms with van der Waals surface area (Å²) in [7, 11) is 5.58. The molecule has 164 valence electrons. The lowest BCUT2D eigenvalue weighted by Crippen LogP contribution is -2.17. The fourth-order valence-electron chi connectivity index (χ4n) is 3.39. The minimum Gasteiger partial charge on any atom is -0.504 e. The number of phenols is 1. The molecule has 0 unspecified atom stereocenters. The molecule has 0 fully saturated rings. The van der Waals surface area contributed by atoms with Gasteiger partial charge >= 0.3 is 5.97 Å². The Labute approximate surface area is 182 Å². The predicted molar refractivity (Wildman–Crippen MR) is 123 cm³/mol. The first-order valence-electron chi connectivity index (χ1n) is 10.3. The summed E-state index contributed by atoms with van der Waals surface area (Å²) in [4.78, 5) is 19.2. The van der Waals surface area contributed by atoms with Crippen LogP contribution in [0.15, 0.2) is 42.6 Å². The fraction of sp³-hybridized carbons (Fsp3) is 0.333. The summed E-state index contributed by atoms with van der Waals surface area (Å²) < 4.78 is 10.5. The monoisotopic (exact) mass is 423 g/mol. The van der Waals surface area contributed by atoms with Crippen molar-refractivity contribution in [3.63, 3.8) is 0 Å². The molecular weight excluding hydrogens is 394 g/mol. The number of rotatable bonds is 9. The predicted octanol–water partition coefficient (Wildman–Crippen LogP) is 4.16. The lowest BCUT2D eigenvalue weighted by molar-refractivity contribution is 0.0527. The maximum absolute atomic E-state index is 12.6. The number of fused-ring (bicyclic) bond motifs is 1. The molecule has 0 radical (unpaired) electrons. The van der Waals surface area contributed by atoms with Crippen molar-refractivity contribution in [2.75, 3.05) is 46.2 Å². The second-order valence-corrected chi connectivity index (χ2v) is 7.47. The van der Waals surface area contributed by atoms with Gasteiger partial charge in [0.1, 0.15) is 5.56 Å². The average molecular weight is 424 g/mol.